The summed E-state index contributed by atoms with van der Waals surface area (Å²) in [5.41, 5.74) is 0. The van der Waals surface area contributed by atoms with E-state index in [1.54, 1.807) is 6.08 Å². The van der Waals surface area contributed by atoms with E-state index in [0.717, 1.165) is 77.0 Å². The Kier molecular flexibility index (Phi) is 51.3. The fourth-order valence-electron chi connectivity index (χ4n) is 10.2. The zero-order valence-electron chi connectivity index (χ0n) is 48.8. The summed E-state index contributed by atoms with van der Waals surface area (Å²) in [4.78, 5) is 25.1. The van der Waals surface area contributed by atoms with Gasteiger partial charge in [-0.3, -0.25) is 9.59 Å². The van der Waals surface area contributed by atoms with Crippen molar-refractivity contribution >= 4 is 11.9 Å². The number of ether oxygens (including phenoxy) is 3. The van der Waals surface area contributed by atoms with E-state index in [4.69, 9.17) is 14.2 Å². The molecule has 1 fully saturated rings. The predicted octanol–water partition coefficient (Wildman–Crippen LogP) is 15.3. The number of amides is 1. The molecule has 0 radical (unpaired) electrons. The monoisotopic (exact) mass is 1060 g/mol. The Morgan fingerprint density at radius 3 is 1.28 bits per heavy atom. The molecular formula is C64H121NO10. The molecule has 11 nitrogen and oxygen atoms in total. The topological polar surface area (TPSA) is 175 Å². The minimum atomic E-state index is -1.57. The maximum absolute atomic E-state index is 13.0. The Morgan fingerprint density at radius 1 is 0.480 bits per heavy atom. The summed E-state index contributed by atoms with van der Waals surface area (Å²) in [7, 11) is 0. The van der Waals surface area contributed by atoms with Crippen molar-refractivity contribution in [3.8, 4) is 0 Å². The van der Waals surface area contributed by atoms with Gasteiger partial charge >= 0.3 is 5.97 Å². The van der Waals surface area contributed by atoms with Crippen molar-refractivity contribution in [2.24, 2.45) is 0 Å². The van der Waals surface area contributed by atoms with Gasteiger partial charge in [0.1, 0.15) is 24.4 Å². The molecule has 0 aromatic rings. The zero-order valence-corrected chi connectivity index (χ0v) is 48.8. The van der Waals surface area contributed by atoms with Gasteiger partial charge in [0.2, 0.25) is 5.91 Å². The van der Waals surface area contributed by atoms with E-state index >= 15 is 0 Å². The minimum Gasteiger partial charge on any atom is -0.466 e. The molecule has 1 rings (SSSR count). The van der Waals surface area contributed by atoms with Crippen molar-refractivity contribution in [1.29, 1.82) is 0 Å². The Hall–Kier alpha value is -1.86. The number of carbonyl (C=O) groups is 2. The van der Waals surface area contributed by atoms with Gasteiger partial charge in [0.05, 0.1) is 32.0 Å². The van der Waals surface area contributed by atoms with Gasteiger partial charge in [0.15, 0.2) is 6.29 Å². The summed E-state index contributed by atoms with van der Waals surface area (Å²) >= 11 is 0. The molecule has 7 atom stereocenters. The zero-order chi connectivity index (χ0) is 54.5. The number of unbranched alkanes of at least 4 members (excludes halogenated alkanes) is 40. The molecule has 75 heavy (non-hydrogen) atoms. The second-order valence-corrected chi connectivity index (χ2v) is 22.5. The van der Waals surface area contributed by atoms with Gasteiger partial charge in [-0.15, -0.1) is 0 Å². The molecule has 0 aromatic heterocycles. The van der Waals surface area contributed by atoms with Crippen LogP contribution in [0, 0.1) is 0 Å². The molecule has 7 unspecified atom stereocenters. The van der Waals surface area contributed by atoms with Crippen LogP contribution in [0.2, 0.25) is 0 Å². The van der Waals surface area contributed by atoms with Gasteiger partial charge in [-0.1, -0.05) is 263 Å². The molecule has 1 saturated heterocycles. The van der Waals surface area contributed by atoms with Crippen molar-refractivity contribution < 1.29 is 49.3 Å². The number of aliphatic hydroxyl groups is 5. The number of carbonyl (C=O) groups excluding carboxylic acids is 2. The Morgan fingerprint density at radius 2 is 0.853 bits per heavy atom. The summed E-state index contributed by atoms with van der Waals surface area (Å²) in [5, 5.41) is 54.2. The van der Waals surface area contributed by atoms with E-state index < -0.39 is 49.5 Å². The molecule has 0 aliphatic carbocycles. The van der Waals surface area contributed by atoms with Crippen molar-refractivity contribution in [2.75, 3.05) is 19.8 Å². The molecule has 0 bridgehead atoms. The third-order valence-electron chi connectivity index (χ3n) is 15.3. The van der Waals surface area contributed by atoms with E-state index in [-0.39, 0.29) is 18.5 Å². The van der Waals surface area contributed by atoms with Crippen molar-refractivity contribution in [1.82, 2.24) is 5.32 Å². The molecule has 0 aromatic carbocycles. The Balaban J connectivity index is 1.98. The summed E-state index contributed by atoms with van der Waals surface area (Å²) < 4.78 is 16.7. The minimum absolute atomic E-state index is 0.000799. The molecule has 1 aliphatic rings. The van der Waals surface area contributed by atoms with Gasteiger partial charge in [0.25, 0.3) is 0 Å². The molecule has 11 heteroatoms. The highest BCUT2D eigenvalue weighted by atomic mass is 16.7. The van der Waals surface area contributed by atoms with Crippen LogP contribution in [-0.2, 0) is 23.8 Å². The first-order valence-corrected chi connectivity index (χ1v) is 32.1. The first-order valence-electron chi connectivity index (χ1n) is 32.1. The second kappa shape index (κ2) is 54.1. The van der Waals surface area contributed by atoms with Gasteiger partial charge < -0.3 is 45.1 Å². The number of hydrogen-bond donors (Lipinski definition) is 6. The van der Waals surface area contributed by atoms with Gasteiger partial charge in [-0.2, -0.15) is 0 Å². The molecule has 6 N–H and O–H groups in total. The molecule has 0 spiro atoms. The van der Waals surface area contributed by atoms with Crippen LogP contribution in [0.15, 0.2) is 24.3 Å². The van der Waals surface area contributed by atoms with Crippen LogP contribution >= 0.6 is 0 Å². The van der Waals surface area contributed by atoms with E-state index in [0.29, 0.717) is 19.4 Å². The van der Waals surface area contributed by atoms with Crippen molar-refractivity contribution in [2.45, 2.75) is 352 Å². The lowest BCUT2D eigenvalue weighted by Gasteiger charge is -2.40. The standard InChI is InChI=1S/C64H121NO10/c1-3-5-7-9-11-13-14-15-16-22-26-29-32-36-40-44-48-52-60(69)73-53-49-45-41-37-33-30-27-24-21-19-17-18-20-23-25-28-31-35-39-43-47-51-59(68)65-56(57(67)50-46-42-38-34-12-10-8-6-4-2)55-74-64-63(72)62(71)61(70)58(54-66)75-64/h18,20,46,50,56-58,61-64,66-67,70-72H,3-17,19,21-45,47-49,51-55H2,1-2H3,(H,65,68)/b20-18-,50-46+. The van der Waals surface area contributed by atoms with Crippen LogP contribution in [0.25, 0.3) is 0 Å². The lowest BCUT2D eigenvalue weighted by Crippen LogP contribution is -2.60. The summed E-state index contributed by atoms with van der Waals surface area (Å²) in [6.07, 6.45) is 55.8. The first kappa shape index (κ1) is 71.2. The average molecular weight is 1060 g/mol. The number of allylic oxidation sites excluding steroid dienone is 3. The highest BCUT2D eigenvalue weighted by Gasteiger charge is 2.44. The van der Waals surface area contributed by atoms with Crippen LogP contribution in [0.1, 0.15) is 309 Å². The Bertz CT molecular complexity index is 1300. The fraction of sp³-hybridized carbons (Fsp3) is 0.906. The van der Waals surface area contributed by atoms with Gasteiger partial charge in [-0.05, 0) is 57.8 Å². The number of nitrogens with one attached hydrogen (secondary N) is 1. The second-order valence-electron chi connectivity index (χ2n) is 22.5. The Labute approximate surface area is 461 Å². The predicted molar refractivity (Wildman–Crippen MR) is 311 cm³/mol. The van der Waals surface area contributed by atoms with Gasteiger partial charge in [-0.25, -0.2) is 0 Å². The van der Waals surface area contributed by atoms with E-state index in [2.05, 4.69) is 31.3 Å². The van der Waals surface area contributed by atoms with E-state index in [1.807, 2.05) is 6.08 Å². The van der Waals surface area contributed by atoms with Crippen LogP contribution in [-0.4, -0.2) is 100 Å². The van der Waals surface area contributed by atoms with Gasteiger partial charge in [0, 0.05) is 12.8 Å². The lowest BCUT2D eigenvalue weighted by molar-refractivity contribution is -0.302. The number of rotatable bonds is 56. The fourth-order valence-corrected chi connectivity index (χ4v) is 10.2. The van der Waals surface area contributed by atoms with Crippen LogP contribution in [0.4, 0.5) is 0 Å². The lowest BCUT2D eigenvalue weighted by atomic mass is 9.99. The molecule has 1 amide bonds. The molecular weight excluding hydrogens is 943 g/mol. The molecule has 1 aliphatic heterocycles. The van der Waals surface area contributed by atoms with Crippen molar-refractivity contribution in [3.63, 3.8) is 0 Å². The molecule has 1 heterocycles. The van der Waals surface area contributed by atoms with Crippen LogP contribution < -0.4 is 5.32 Å². The summed E-state index contributed by atoms with van der Waals surface area (Å²) in [6.45, 7) is 4.32. The largest absolute Gasteiger partial charge is 0.466 e. The maximum Gasteiger partial charge on any atom is 0.305 e. The highest BCUT2D eigenvalue weighted by Crippen LogP contribution is 2.23. The normalized spacial score (nSPS) is 18.8. The molecule has 442 valence electrons. The third-order valence-corrected chi connectivity index (χ3v) is 15.3. The number of hydrogen-bond acceptors (Lipinski definition) is 10. The highest BCUT2D eigenvalue weighted by molar-refractivity contribution is 5.76. The summed E-state index contributed by atoms with van der Waals surface area (Å²) in [5.74, 6) is -0.192. The van der Waals surface area contributed by atoms with Crippen LogP contribution in [0.3, 0.4) is 0 Å². The summed E-state index contributed by atoms with van der Waals surface area (Å²) in [6, 6.07) is -0.814. The SMILES string of the molecule is CCCCCCCCC/C=C/C(O)C(COC1OC(CO)C(O)C(O)C1O)NC(=O)CCCCCCCCC/C=C\CCCCCCCCCCCCOC(=O)CCCCCCCCCCCCCCCCCCC. The van der Waals surface area contributed by atoms with E-state index in [1.165, 1.54) is 205 Å². The average Bonchev–Trinajstić information content (AvgIpc) is 3.41. The quantitative estimate of drug-likeness (QED) is 0.0195. The van der Waals surface area contributed by atoms with Crippen molar-refractivity contribution in [3.05, 3.63) is 24.3 Å². The third kappa shape index (κ3) is 43.7. The maximum atomic E-state index is 13.0. The smallest absolute Gasteiger partial charge is 0.305 e. The van der Waals surface area contributed by atoms with Crippen LogP contribution in [0.5, 0.6) is 0 Å². The van der Waals surface area contributed by atoms with E-state index in [9.17, 15) is 35.1 Å². The molecule has 0 saturated carbocycles. The first-order chi connectivity index (χ1) is 36.7. The number of esters is 1. The number of aliphatic hydroxyl groups excluding tert-OH is 5.